The summed E-state index contributed by atoms with van der Waals surface area (Å²) in [6.07, 6.45) is -5.56. The second-order valence-corrected chi connectivity index (χ2v) is 6.68. The number of alkyl halides is 5. The van der Waals surface area contributed by atoms with E-state index in [1.54, 1.807) is 0 Å². The van der Waals surface area contributed by atoms with Gasteiger partial charge in [-0.25, -0.2) is 8.42 Å². The smallest absolute Gasteiger partial charge is 0.370 e. The van der Waals surface area contributed by atoms with Gasteiger partial charge >= 0.3 is 12.1 Å². The van der Waals surface area contributed by atoms with Crippen molar-refractivity contribution in [1.29, 1.82) is 5.26 Å². The summed E-state index contributed by atoms with van der Waals surface area (Å²) < 4.78 is 88.6. The first-order valence-corrected chi connectivity index (χ1v) is 7.89. The van der Waals surface area contributed by atoms with Crippen LogP contribution in [-0.4, -0.2) is 32.7 Å². The lowest BCUT2D eigenvalue weighted by atomic mass is 9.97. The highest BCUT2D eigenvalue weighted by Crippen LogP contribution is 2.46. The highest BCUT2D eigenvalue weighted by Gasteiger charge is 2.60. The van der Waals surface area contributed by atoms with Crippen LogP contribution in [0.25, 0.3) is 0 Å². The van der Waals surface area contributed by atoms with Crippen molar-refractivity contribution in [2.75, 3.05) is 6.26 Å². The van der Waals surface area contributed by atoms with Crippen LogP contribution in [0.1, 0.15) is 21.5 Å². The van der Waals surface area contributed by atoms with Crippen LogP contribution in [0, 0.1) is 11.3 Å². The fourth-order valence-corrected chi connectivity index (χ4v) is 2.58. The quantitative estimate of drug-likeness (QED) is 0.453. The van der Waals surface area contributed by atoms with Crippen molar-refractivity contribution in [3.8, 4) is 6.07 Å². The normalized spacial score (nSPS) is 12.4. The number of rotatable bonds is 3. The number of nitrogens with two attached hydrogens (primary N) is 2. The van der Waals surface area contributed by atoms with Crippen molar-refractivity contribution in [2.45, 2.75) is 17.0 Å². The molecular weight excluding hydrogens is 375 g/mol. The maximum atomic E-state index is 13.7. The van der Waals surface area contributed by atoms with Crippen molar-refractivity contribution < 1.29 is 35.2 Å². The highest BCUT2D eigenvalue weighted by atomic mass is 32.2. The Bertz CT molecular complexity index is 897. The zero-order valence-electron chi connectivity index (χ0n) is 12.2. The number of amides is 1. The van der Waals surface area contributed by atoms with E-state index in [1.165, 1.54) is 6.07 Å². The van der Waals surface area contributed by atoms with E-state index in [-0.39, 0.29) is 12.1 Å². The molecule has 0 saturated carbocycles. The van der Waals surface area contributed by atoms with Crippen LogP contribution in [0.5, 0.6) is 0 Å². The molecule has 1 rings (SSSR count). The molecule has 7 nitrogen and oxygen atoms in total. The van der Waals surface area contributed by atoms with Crippen LogP contribution < -0.4 is 11.5 Å². The summed E-state index contributed by atoms with van der Waals surface area (Å²) in [5, 5.41) is 8.86. The zero-order valence-corrected chi connectivity index (χ0v) is 13.0. The minimum atomic E-state index is -6.13. The van der Waals surface area contributed by atoms with Gasteiger partial charge in [0.05, 0.1) is 16.0 Å². The molecule has 0 aliphatic carbocycles. The lowest BCUT2D eigenvalue weighted by Crippen LogP contribution is -2.35. The van der Waals surface area contributed by atoms with Gasteiger partial charge in [0, 0.05) is 11.8 Å². The van der Waals surface area contributed by atoms with Crippen LogP contribution >= 0.6 is 0 Å². The first kappa shape index (κ1) is 20.3. The summed E-state index contributed by atoms with van der Waals surface area (Å²) >= 11 is 0. The molecule has 4 N–H and O–H groups in total. The van der Waals surface area contributed by atoms with Crippen molar-refractivity contribution in [3.05, 3.63) is 28.8 Å². The van der Waals surface area contributed by atoms with E-state index in [0.29, 0.717) is 6.26 Å². The molecule has 0 aliphatic heterocycles. The predicted octanol–water partition coefficient (Wildman–Crippen LogP) is 1.03. The largest absolute Gasteiger partial charge is 0.458 e. The third-order valence-corrected chi connectivity index (χ3v) is 3.93. The summed E-state index contributed by atoms with van der Waals surface area (Å²) in [6, 6.07) is 1.37. The molecule has 1 amide bonds. The van der Waals surface area contributed by atoms with Crippen molar-refractivity contribution in [1.82, 2.24) is 0 Å². The SMILES string of the molecule is CS(=O)(=O)c1cc(C(=O)N=C(N)N)c(C(F)(F)C(F)(F)F)cc1C#N. The second kappa shape index (κ2) is 6.28. The van der Waals surface area contributed by atoms with Crippen molar-refractivity contribution in [3.63, 3.8) is 0 Å². The van der Waals surface area contributed by atoms with Crippen LogP contribution in [0.15, 0.2) is 22.0 Å². The first-order chi connectivity index (χ1) is 11.1. The maximum absolute atomic E-state index is 13.7. The number of hydrogen-bond donors (Lipinski definition) is 2. The lowest BCUT2D eigenvalue weighted by molar-refractivity contribution is -0.289. The third-order valence-electron chi connectivity index (χ3n) is 2.80. The summed E-state index contributed by atoms with van der Waals surface area (Å²) in [5.74, 6) is -8.25. The molecule has 25 heavy (non-hydrogen) atoms. The van der Waals surface area contributed by atoms with E-state index >= 15 is 0 Å². The van der Waals surface area contributed by atoms with Crippen molar-refractivity contribution >= 4 is 21.7 Å². The van der Waals surface area contributed by atoms with Gasteiger partial charge in [0.2, 0.25) is 0 Å². The Kier molecular flexibility index (Phi) is 5.10. The number of aliphatic imine (C=N–C) groups is 1. The van der Waals surface area contributed by atoms with Gasteiger partial charge in [-0.3, -0.25) is 4.79 Å². The topological polar surface area (TPSA) is 139 Å². The number of carbonyl (C=O) groups is 1. The van der Waals surface area contributed by atoms with Gasteiger partial charge in [0.1, 0.15) is 6.07 Å². The van der Waals surface area contributed by atoms with E-state index in [2.05, 4.69) is 4.99 Å². The minimum Gasteiger partial charge on any atom is -0.370 e. The van der Waals surface area contributed by atoms with Gasteiger partial charge in [0.15, 0.2) is 15.8 Å². The fourth-order valence-electron chi connectivity index (χ4n) is 1.74. The van der Waals surface area contributed by atoms with Gasteiger partial charge in [-0.1, -0.05) is 0 Å². The number of nitrogens with zero attached hydrogens (tertiary/aromatic N) is 2. The Hall–Kier alpha value is -2.75. The number of nitriles is 1. The molecule has 1 aromatic carbocycles. The van der Waals surface area contributed by atoms with E-state index < -0.39 is 55.4 Å². The van der Waals surface area contributed by atoms with E-state index in [9.17, 15) is 35.2 Å². The molecule has 0 aromatic heterocycles. The predicted molar refractivity (Wildman–Crippen MR) is 74.4 cm³/mol. The number of halogens is 5. The van der Waals surface area contributed by atoms with Gasteiger partial charge in [-0.15, -0.1) is 0 Å². The second-order valence-electron chi connectivity index (χ2n) is 4.69. The van der Waals surface area contributed by atoms with Gasteiger partial charge in [-0.2, -0.15) is 32.2 Å². The van der Waals surface area contributed by atoms with E-state index in [4.69, 9.17) is 16.7 Å². The molecule has 0 unspecified atom stereocenters. The summed E-state index contributed by atoms with van der Waals surface area (Å²) in [6.45, 7) is 0. The van der Waals surface area contributed by atoms with Crippen LogP contribution in [0.4, 0.5) is 22.0 Å². The minimum absolute atomic E-state index is 0.0284. The van der Waals surface area contributed by atoms with E-state index in [1.807, 2.05) is 0 Å². The van der Waals surface area contributed by atoms with Crippen molar-refractivity contribution in [2.24, 2.45) is 16.5 Å². The fraction of sp³-hybridized carbons (Fsp3) is 0.250. The average Bonchev–Trinajstić information content (AvgIpc) is 2.42. The highest BCUT2D eigenvalue weighted by molar-refractivity contribution is 7.90. The molecule has 13 heteroatoms. The molecule has 0 fully saturated rings. The Morgan fingerprint density at radius 2 is 1.72 bits per heavy atom. The number of carbonyl (C=O) groups excluding carboxylic acids is 1. The Balaban J connectivity index is 3.98. The molecule has 1 aromatic rings. The zero-order chi connectivity index (χ0) is 19.8. The third kappa shape index (κ3) is 4.02. The molecule has 0 saturated heterocycles. The Labute approximate surface area is 137 Å². The Morgan fingerprint density at radius 1 is 1.20 bits per heavy atom. The molecule has 0 atom stereocenters. The summed E-state index contributed by atoms with van der Waals surface area (Å²) in [4.78, 5) is 13.7. The van der Waals surface area contributed by atoms with Crippen LogP contribution in [-0.2, 0) is 15.8 Å². The molecule has 0 radical (unpaired) electrons. The number of sulfone groups is 1. The maximum Gasteiger partial charge on any atom is 0.458 e. The lowest BCUT2D eigenvalue weighted by Gasteiger charge is -2.22. The number of guanidine groups is 1. The molecule has 0 spiro atoms. The average molecular weight is 384 g/mol. The molecule has 136 valence electrons. The monoisotopic (exact) mass is 384 g/mol. The van der Waals surface area contributed by atoms with E-state index in [0.717, 1.165) is 0 Å². The Morgan fingerprint density at radius 3 is 2.08 bits per heavy atom. The number of benzene rings is 1. The van der Waals surface area contributed by atoms with Crippen LogP contribution in [0.2, 0.25) is 0 Å². The van der Waals surface area contributed by atoms with Crippen LogP contribution in [0.3, 0.4) is 0 Å². The van der Waals surface area contributed by atoms with Gasteiger partial charge in [-0.05, 0) is 12.1 Å². The molecule has 0 heterocycles. The van der Waals surface area contributed by atoms with Gasteiger partial charge in [0.25, 0.3) is 5.91 Å². The first-order valence-electron chi connectivity index (χ1n) is 6.00. The standard InChI is InChI=1S/C12H9F5N4O3S/c1-25(23,24)8-3-6(9(22)21-10(19)20)7(2-5(8)4-18)11(13,14)12(15,16)17/h2-3H,1H3,(H4,19,20,21,22). The summed E-state index contributed by atoms with van der Waals surface area (Å²) in [7, 11) is -4.24. The molecular formula is C12H9F5N4O3S. The molecule has 0 bridgehead atoms. The molecule has 0 aliphatic rings. The van der Waals surface area contributed by atoms with Gasteiger partial charge < -0.3 is 11.5 Å². The number of hydrogen-bond acceptors (Lipinski definition) is 4. The summed E-state index contributed by atoms with van der Waals surface area (Å²) in [5.41, 5.74) is 5.41.